The van der Waals surface area contributed by atoms with Gasteiger partial charge in [-0.1, -0.05) is 18.2 Å². The molecule has 25 heavy (non-hydrogen) atoms. The second-order valence-electron chi connectivity index (χ2n) is 5.53. The van der Waals surface area contributed by atoms with Gasteiger partial charge >= 0.3 is 12.1 Å². The van der Waals surface area contributed by atoms with Crippen molar-refractivity contribution in [1.82, 2.24) is 10.0 Å². The number of allylic oxidation sites excluding steroid dienone is 2. The molecule has 0 aromatic heterocycles. The van der Waals surface area contributed by atoms with Gasteiger partial charge in [-0.2, -0.15) is 17.9 Å². The summed E-state index contributed by atoms with van der Waals surface area (Å²) < 4.78 is 65.8. The van der Waals surface area contributed by atoms with Crippen molar-refractivity contribution >= 4 is 16.0 Å². The van der Waals surface area contributed by atoms with Crippen LogP contribution in [0.25, 0.3) is 0 Å². The topological polar surface area (TPSA) is 95.5 Å². The van der Waals surface area contributed by atoms with Gasteiger partial charge in [0, 0.05) is 0 Å². The van der Waals surface area contributed by atoms with Crippen LogP contribution < -0.4 is 10.0 Å². The maximum absolute atomic E-state index is 13.0. The average molecular weight is 376 g/mol. The Bertz CT molecular complexity index is 847. The van der Waals surface area contributed by atoms with E-state index in [4.69, 9.17) is 0 Å². The lowest BCUT2D eigenvalue weighted by Gasteiger charge is -2.33. The van der Waals surface area contributed by atoms with Gasteiger partial charge in [0.2, 0.25) is 10.0 Å². The molecule has 1 unspecified atom stereocenters. The smallest absolute Gasteiger partial charge is 0.416 e. The number of nitrogens with one attached hydrogen (secondary N) is 2. The Kier molecular flexibility index (Phi) is 4.96. The number of carboxylic acids is 1. The Morgan fingerprint density at radius 3 is 2.56 bits per heavy atom. The Morgan fingerprint density at radius 2 is 1.96 bits per heavy atom. The van der Waals surface area contributed by atoms with Crippen molar-refractivity contribution < 1.29 is 31.5 Å². The molecule has 2 rings (SSSR count). The van der Waals surface area contributed by atoms with Crippen LogP contribution in [0.5, 0.6) is 0 Å². The number of aliphatic carboxylic acids is 1. The van der Waals surface area contributed by atoms with Crippen LogP contribution in [0.1, 0.15) is 18.1 Å². The van der Waals surface area contributed by atoms with Gasteiger partial charge in [-0.3, -0.25) is 0 Å². The largest absolute Gasteiger partial charge is 0.478 e. The third-order valence-corrected chi connectivity index (χ3v) is 4.94. The maximum atomic E-state index is 13.0. The molecule has 0 amide bonds. The SMILES string of the molecule is CC1(NS(=O)(=O)Cc2ccccc2C(F)(F)F)NC=CC=C1C(=O)O. The molecular weight excluding hydrogens is 361 g/mol. The van der Waals surface area contributed by atoms with E-state index in [-0.39, 0.29) is 5.57 Å². The third kappa shape index (κ3) is 4.40. The Labute approximate surface area is 142 Å². The van der Waals surface area contributed by atoms with Gasteiger partial charge < -0.3 is 10.4 Å². The molecule has 10 heteroatoms. The minimum absolute atomic E-state index is 0.289. The van der Waals surface area contributed by atoms with Gasteiger partial charge in [-0.05, 0) is 36.9 Å². The lowest BCUT2D eigenvalue weighted by molar-refractivity contribution is -0.138. The average Bonchev–Trinajstić information content (AvgIpc) is 2.45. The van der Waals surface area contributed by atoms with Crippen molar-refractivity contribution in [2.24, 2.45) is 0 Å². The van der Waals surface area contributed by atoms with E-state index in [1.54, 1.807) is 0 Å². The minimum Gasteiger partial charge on any atom is -0.478 e. The van der Waals surface area contributed by atoms with E-state index >= 15 is 0 Å². The van der Waals surface area contributed by atoms with Crippen molar-refractivity contribution in [1.29, 1.82) is 0 Å². The normalized spacial score (nSPS) is 20.7. The standard InChI is InChI=1S/C15H15F3N2O4S/c1-14(12(13(21)22)7-4-8-19-14)20-25(23,24)9-10-5-2-3-6-11(10)15(16,17)18/h2-8,19-20H,9H2,1H3,(H,21,22). The third-order valence-electron chi connectivity index (χ3n) is 3.53. The van der Waals surface area contributed by atoms with Crippen LogP contribution in [-0.4, -0.2) is 25.2 Å². The number of sulfonamides is 1. The molecule has 0 spiro atoms. The summed E-state index contributed by atoms with van der Waals surface area (Å²) in [5, 5.41) is 11.8. The van der Waals surface area contributed by atoms with Crippen LogP contribution in [0, 0.1) is 0 Å². The lowest BCUT2D eigenvalue weighted by atomic mass is 10.0. The summed E-state index contributed by atoms with van der Waals surface area (Å²) in [6.45, 7) is 1.27. The number of alkyl halides is 3. The molecular formula is C15H15F3N2O4S. The monoisotopic (exact) mass is 376 g/mol. The molecule has 1 atom stereocenters. The molecule has 1 aliphatic heterocycles. The number of halogens is 3. The van der Waals surface area contributed by atoms with Crippen LogP contribution >= 0.6 is 0 Å². The Morgan fingerprint density at radius 1 is 1.32 bits per heavy atom. The van der Waals surface area contributed by atoms with Crippen LogP contribution in [0.15, 0.2) is 48.2 Å². The second kappa shape index (κ2) is 6.52. The van der Waals surface area contributed by atoms with Crippen molar-refractivity contribution in [3.8, 4) is 0 Å². The van der Waals surface area contributed by atoms with Crippen molar-refractivity contribution in [2.45, 2.75) is 24.5 Å². The first-order valence-electron chi connectivity index (χ1n) is 7.00. The number of carboxylic acid groups (broad SMARTS) is 1. The Balaban J connectivity index is 2.31. The van der Waals surface area contributed by atoms with Crippen LogP contribution in [-0.2, 0) is 26.7 Å². The fourth-order valence-corrected chi connectivity index (χ4v) is 3.97. The molecule has 3 N–H and O–H groups in total. The molecule has 1 aromatic carbocycles. The number of hydrogen-bond donors (Lipinski definition) is 3. The number of hydrogen-bond acceptors (Lipinski definition) is 4. The second-order valence-corrected chi connectivity index (χ2v) is 7.25. The van der Waals surface area contributed by atoms with Crippen molar-refractivity contribution in [2.75, 3.05) is 0 Å². The summed E-state index contributed by atoms with van der Waals surface area (Å²) >= 11 is 0. The van der Waals surface area contributed by atoms with Crippen LogP contribution in [0.2, 0.25) is 0 Å². The molecule has 1 heterocycles. The summed E-state index contributed by atoms with van der Waals surface area (Å²) in [4.78, 5) is 11.3. The van der Waals surface area contributed by atoms with Gasteiger partial charge in [0.15, 0.2) is 0 Å². The van der Waals surface area contributed by atoms with Gasteiger partial charge in [0.05, 0.1) is 16.9 Å². The molecule has 1 aromatic rings. The van der Waals surface area contributed by atoms with E-state index in [9.17, 15) is 31.5 Å². The summed E-state index contributed by atoms with van der Waals surface area (Å²) in [5.74, 6) is -2.31. The maximum Gasteiger partial charge on any atom is 0.416 e. The van der Waals surface area contributed by atoms with E-state index in [0.717, 1.165) is 18.2 Å². The fraction of sp³-hybridized carbons (Fsp3) is 0.267. The minimum atomic E-state index is -4.70. The summed E-state index contributed by atoms with van der Waals surface area (Å²) in [7, 11) is -4.29. The predicted molar refractivity (Wildman–Crippen MR) is 83.6 cm³/mol. The first kappa shape index (κ1) is 19.0. The number of dihydropyridines is 1. The van der Waals surface area contributed by atoms with Gasteiger partial charge in [0.25, 0.3) is 0 Å². The van der Waals surface area contributed by atoms with Crippen molar-refractivity contribution in [3.05, 3.63) is 59.3 Å². The zero-order valence-corrected chi connectivity index (χ0v) is 13.8. The molecule has 0 aliphatic carbocycles. The molecule has 0 fully saturated rings. The molecule has 0 radical (unpaired) electrons. The van der Waals surface area contributed by atoms with Gasteiger partial charge in [-0.25, -0.2) is 13.2 Å². The highest BCUT2D eigenvalue weighted by Crippen LogP contribution is 2.32. The van der Waals surface area contributed by atoms with Crippen molar-refractivity contribution in [3.63, 3.8) is 0 Å². The zero-order valence-electron chi connectivity index (χ0n) is 13.0. The van der Waals surface area contributed by atoms with E-state index in [2.05, 4.69) is 10.0 Å². The number of carbonyl (C=O) groups is 1. The number of rotatable bonds is 5. The highest BCUT2D eigenvalue weighted by molar-refractivity contribution is 7.88. The highest BCUT2D eigenvalue weighted by Gasteiger charge is 2.39. The van der Waals surface area contributed by atoms with E-state index in [0.29, 0.717) is 0 Å². The van der Waals surface area contributed by atoms with E-state index < -0.39 is 44.7 Å². The quantitative estimate of drug-likeness (QED) is 0.730. The molecule has 0 saturated carbocycles. The Hall–Kier alpha value is -2.33. The van der Waals surface area contributed by atoms with Crippen LogP contribution in [0.3, 0.4) is 0 Å². The summed E-state index contributed by atoms with van der Waals surface area (Å²) in [6, 6.07) is 4.31. The molecule has 0 saturated heterocycles. The van der Waals surface area contributed by atoms with Gasteiger partial charge in [0.1, 0.15) is 5.66 Å². The predicted octanol–water partition coefficient (Wildman–Crippen LogP) is 1.97. The van der Waals surface area contributed by atoms with Crippen LogP contribution in [0.4, 0.5) is 13.2 Å². The molecule has 0 bridgehead atoms. The fourth-order valence-electron chi connectivity index (χ4n) is 2.45. The zero-order chi connectivity index (χ0) is 18.9. The molecule has 1 aliphatic rings. The summed E-state index contributed by atoms with van der Waals surface area (Å²) in [6.07, 6.45) is -0.796. The first-order chi connectivity index (χ1) is 11.4. The molecule has 6 nitrogen and oxygen atoms in total. The first-order valence-corrected chi connectivity index (χ1v) is 8.65. The van der Waals surface area contributed by atoms with E-state index in [1.165, 1.54) is 31.3 Å². The van der Waals surface area contributed by atoms with E-state index in [1.807, 2.05) is 0 Å². The number of benzene rings is 1. The highest BCUT2D eigenvalue weighted by atomic mass is 32.2. The lowest BCUT2D eigenvalue weighted by Crippen LogP contribution is -2.58. The van der Waals surface area contributed by atoms with Gasteiger partial charge in [-0.15, -0.1) is 0 Å². The summed E-state index contributed by atoms with van der Waals surface area (Å²) in [5.41, 5.74) is -3.47. The molecule has 136 valence electrons.